The normalized spacial score (nSPS) is 17.2. The van der Waals surface area contributed by atoms with Crippen LogP contribution in [0, 0.1) is 7.05 Å². The number of hydrazone groups is 1. The van der Waals surface area contributed by atoms with Crippen molar-refractivity contribution in [2.75, 3.05) is 18.8 Å². The van der Waals surface area contributed by atoms with Gasteiger partial charge >= 0.3 is 0 Å². The minimum atomic E-state index is -3.29. The third-order valence-corrected chi connectivity index (χ3v) is 2.64. The molecule has 0 atom stereocenters. The highest BCUT2D eigenvalue weighted by Gasteiger charge is 2.11. The van der Waals surface area contributed by atoms with Gasteiger partial charge in [0, 0.05) is 19.2 Å². The van der Waals surface area contributed by atoms with E-state index in [0.29, 0.717) is 6.54 Å². The van der Waals surface area contributed by atoms with Crippen molar-refractivity contribution in [3.63, 3.8) is 0 Å². The Labute approximate surface area is 72.5 Å². The topological polar surface area (TPSA) is 61.8 Å². The Balaban J connectivity index is 2.30. The van der Waals surface area contributed by atoms with Crippen LogP contribution in [0.25, 0.3) is 0 Å². The van der Waals surface area contributed by atoms with Crippen molar-refractivity contribution in [3.8, 4) is 0 Å². The highest BCUT2D eigenvalue weighted by atomic mass is 32.2. The molecule has 1 N–H and O–H groups in total. The molecule has 0 bridgehead atoms. The highest BCUT2D eigenvalue weighted by Crippen LogP contribution is 1.99. The van der Waals surface area contributed by atoms with Gasteiger partial charge in [0.1, 0.15) is 0 Å². The molecule has 0 spiro atoms. The average Bonchev–Trinajstić information content (AvgIpc) is 2.53. The van der Waals surface area contributed by atoms with Gasteiger partial charge in [-0.05, 0) is 0 Å². The zero-order chi connectivity index (χ0) is 9.03. The maximum Gasteiger partial charge on any atom is 0.213 e. The molecule has 0 aromatic carbocycles. The van der Waals surface area contributed by atoms with Crippen LogP contribution in [-0.4, -0.2) is 38.5 Å². The summed E-state index contributed by atoms with van der Waals surface area (Å²) in [5.74, 6) is -0.0131. The number of hydrogen-bond acceptors (Lipinski definition) is 4. The number of nitrogens with one attached hydrogen (secondary N) is 1. The Morgan fingerprint density at radius 3 is 2.92 bits per heavy atom. The van der Waals surface area contributed by atoms with Crippen molar-refractivity contribution < 1.29 is 8.42 Å². The van der Waals surface area contributed by atoms with Crippen LogP contribution in [-0.2, 0) is 10.0 Å². The molecule has 0 fully saturated rings. The van der Waals surface area contributed by atoms with Gasteiger partial charge in [0.25, 0.3) is 0 Å². The quantitative estimate of drug-likeness (QED) is 0.593. The minimum absolute atomic E-state index is 0.0131. The highest BCUT2D eigenvalue weighted by molar-refractivity contribution is 7.89. The maximum absolute atomic E-state index is 10.8. The monoisotopic (exact) mass is 189 g/mol. The second kappa shape index (κ2) is 3.86. The van der Waals surface area contributed by atoms with E-state index in [-0.39, 0.29) is 5.75 Å². The molecule has 0 saturated carbocycles. The summed E-state index contributed by atoms with van der Waals surface area (Å²) in [4.78, 5) is 0. The fourth-order valence-corrected chi connectivity index (χ4v) is 1.46. The molecular formula is C6H11N3O2S. The summed E-state index contributed by atoms with van der Waals surface area (Å²) in [6.45, 7) is 1.18. The lowest BCUT2D eigenvalue weighted by atomic mass is 10.5. The standard InChI is InChI=1S/C6H11N3O2S/c1-7-12(10,11)6-5-9-4-2-3-8-9/h1,3,7H,2,4-6H2. The molecule has 12 heavy (non-hydrogen) atoms. The van der Waals surface area contributed by atoms with E-state index in [4.69, 9.17) is 7.05 Å². The molecule has 0 aromatic rings. The predicted molar refractivity (Wildman–Crippen MR) is 45.9 cm³/mol. The summed E-state index contributed by atoms with van der Waals surface area (Å²) in [6, 6.07) is 0. The van der Waals surface area contributed by atoms with E-state index in [9.17, 15) is 8.42 Å². The van der Waals surface area contributed by atoms with Gasteiger partial charge in [-0.15, -0.1) is 0 Å². The smallest absolute Gasteiger partial charge is 0.213 e. The lowest BCUT2D eigenvalue weighted by molar-refractivity contribution is 0.337. The van der Waals surface area contributed by atoms with Gasteiger partial charge in [-0.2, -0.15) is 5.10 Å². The summed E-state index contributed by atoms with van der Waals surface area (Å²) >= 11 is 0. The SMILES string of the molecule is [CH]NS(=O)(=O)CCN1CCC=N1. The van der Waals surface area contributed by atoms with Crippen molar-refractivity contribution in [2.45, 2.75) is 6.42 Å². The number of hydrogen-bond donors (Lipinski definition) is 1. The van der Waals surface area contributed by atoms with Crippen molar-refractivity contribution in [1.29, 1.82) is 0 Å². The van der Waals surface area contributed by atoms with E-state index in [0.717, 1.165) is 13.0 Å². The molecule has 0 saturated heterocycles. The Hall–Kier alpha value is -0.620. The first-order valence-electron chi connectivity index (χ1n) is 3.61. The largest absolute Gasteiger partial charge is 0.296 e. The first-order valence-corrected chi connectivity index (χ1v) is 5.27. The van der Waals surface area contributed by atoms with Crippen LogP contribution >= 0.6 is 0 Å². The molecule has 0 aromatic heterocycles. The molecule has 5 nitrogen and oxygen atoms in total. The van der Waals surface area contributed by atoms with E-state index in [1.54, 1.807) is 15.9 Å². The second-order valence-corrected chi connectivity index (χ2v) is 4.35. The first kappa shape index (κ1) is 9.47. The summed E-state index contributed by atoms with van der Waals surface area (Å²) < 4.78 is 23.4. The van der Waals surface area contributed by atoms with Gasteiger partial charge < -0.3 is 0 Å². The van der Waals surface area contributed by atoms with Crippen LogP contribution < -0.4 is 4.72 Å². The Kier molecular flexibility index (Phi) is 3.05. The lowest BCUT2D eigenvalue weighted by Gasteiger charge is -2.12. The molecule has 2 radical (unpaired) electrons. The van der Waals surface area contributed by atoms with Crippen LogP contribution in [0.1, 0.15) is 6.42 Å². The van der Waals surface area contributed by atoms with Crippen molar-refractivity contribution in [2.24, 2.45) is 5.10 Å². The summed E-state index contributed by atoms with van der Waals surface area (Å²) in [5.41, 5.74) is 0. The van der Waals surface area contributed by atoms with Gasteiger partial charge in [0.2, 0.25) is 10.0 Å². The molecule has 6 heteroatoms. The lowest BCUT2D eigenvalue weighted by Crippen LogP contribution is -2.28. The molecule has 0 amide bonds. The van der Waals surface area contributed by atoms with Gasteiger partial charge in [0.05, 0.1) is 19.3 Å². The van der Waals surface area contributed by atoms with E-state index >= 15 is 0 Å². The third kappa shape index (κ3) is 2.78. The van der Waals surface area contributed by atoms with Gasteiger partial charge in [-0.25, -0.2) is 13.1 Å². The van der Waals surface area contributed by atoms with Crippen molar-refractivity contribution >= 4 is 16.2 Å². The molecular weight excluding hydrogens is 178 g/mol. The molecule has 0 unspecified atom stereocenters. The van der Waals surface area contributed by atoms with Crippen LogP contribution in [0.2, 0.25) is 0 Å². The summed E-state index contributed by atoms with van der Waals surface area (Å²) in [6.07, 6.45) is 2.65. The van der Waals surface area contributed by atoms with Crippen molar-refractivity contribution in [1.82, 2.24) is 9.73 Å². The molecule has 68 valence electrons. The molecule has 1 aliphatic rings. The first-order chi connectivity index (χ1) is 5.64. The van der Waals surface area contributed by atoms with Crippen molar-refractivity contribution in [3.05, 3.63) is 7.05 Å². The minimum Gasteiger partial charge on any atom is -0.296 e. The Morgan fingerprint density at radius 2 is 2.42 bits per heavy atom. The molecule has 0 aliphatic carbocycles. The van der Waals surface area contributed by atoms with Gasteiger partial charge in [-0.1, -0.05) is 0 Å². The number of sulfonamides is 1. The maximum atomic E-state index is 10.8. The van der Waals surface area contributed by atoms with Crippen LogP contribution in [0.15, 0.2) is 5.10 Å². The predicted octanol–water partition coefficient (Wildman–Crippen LogP) is -0.734. The fourth-order valence-electron chi connectivity index (χ4n) is 0.892. The summed E-state index contributed by atoms with van der Waals surface area (Å²) in [7, 11) is 1.50. The summed E-state index contributed by atoms with van der Waals surface area (Å²) in [5, 5.41) is 5.65. The molecule has 1 aliphatic heterocycles. The van der Waals surface area contributed by atoms with Crippen LogP contribution in [0.4, 0.5) is 0 Å². The zero-order valence-corrected chi connectivity index (χ0v) is 7.42. The van der Waals surface area contributed by atoms with Crippen LogP contribution in [0.3, 0.4) is 0 Å². The van der Waals surface area contributed by atoms with Gasteiger partial charge in [-0.3, -0.25) is 5.01 Å². The van der Waals surface area contributed by atoms with E-state index in [1.807, 2.05) is 0 Å². The van der Waals surface area contributed by atoms with E-state index in [1.165, 1.54) is 0 Å². The Bertz CT molecular complexity index is 260. The second-order valence-electron chi connectivity index (χ2n) is 2.48. The molecule has 1 rings (SSSR count). The number of nitrogens with zero attached hydrogens (tertiary/aromatic N) is 2. The van der Waals surface area contributed by atoms with Gasteiger partial charge in [0.15, 0.2) is 0 Å². The van der Waals surface area contributed by atoms with E-state index in [2.05, 4.69) is 5.10 Å². The average molecular weight is 189 g/mol. The zero-order valence-electron chi connectivity index (χ0n) is 6.60. The Morgan fingerprint density at radius 1 is 1.67 bits per heavy atom. The fraction of sp³-hybridized carbons (Fsp3) is 0.667. The van der Waals surface area contributed by atoms with E-state index < -0.39 is 10.0 Å². The number of rotatable bonds is 4. The van der Waals surface area contributed by atoms with Crippen LogP contribution in [0.5, 0.6) is 0 Å². The third-order valence-electron chi connectivity index (χ3n) is 1.56. The molecule has 1 heterocycles.